The molecule has 282 valence electrons. The van der Waals surface area contributed by atoms with Crippen molar-refractivity contribution in [2.24, 2.45) is 30.7 Å². The summed E-state index contributed by atoms with van der Waals surface area (Å²) >= 11 is 0. The molecule has 0 bridgehead atoms. The maximum atomic E-state index is 12.2. The van der Waals surface area contributed by atoms with Crippen LogP contribution in [-0.4, -0.2) is 44.0 Å². The van der Waals surface area contributed by atoms with Crippen LogP contribution in [-0.2, 0) is 30.4 Å². The summed E-state index contributed by atoms with van der Waals surface area (Å²) in [5.74, 6) is -0.699. The van der Waals surface area contributed by atoms with E-state index in [9.17, 15) is 44.0 Å². The van der Waals surface area contributed by atoms with Crippen LogP contribution in [0.2, 0.25) is 0 Å². The first kappa shape index (κ1) is 48.1. The molecule has 3 N–H and O–H groups in total. The smallest absolute Gasteiger partial charge is 0.744 e. The van der Waals surface area contributed by atoms with E-state index in [2.05, 4.69) is 30.7 Å². The number of aromatic hydroxyl groups is 1. The van der Waals surface area contributed by atoms with Crippen LogP contribution < -0.4 is 94.4 Å². The summed E-state index contributed by atoms with van der Waals surface area (Å²) in [6, 6.07) is 26.4. The maximum Gasteiger partial charge on any atom is 1.00 e. The Morgan fingerprint density at radius 2 is 0.915 bits per heavy atom. The summed E-state index contributed by atoms with van der Waals surface area (Å²) in [6.07, 6.45) is 0. The number of nitrogen functional groups attached to an aromatic ring is 1. The minimum absolute atomic E-state index is 0. The minimum Gasteiger partial charge on any atom is -0.744 e. The van der Waals surface area contributed by atoms with Crippen LogP contribution >= 0.6 is 0 Å². The predicted octanol–water partition coefficient (Wildman–Crippen LogP) is -0.595. The van der Waals surface area contributed by atoms with Crippen molar-refractivity contribution in [1.82, 2.24) is 0 Å². The van der Waals surface area contributed by atoms with Gasteiger partial charge in [-0.2, -0.15) is 5.11 Å². The number of nitrogens with two attached hydrogens (primary N) is 1. The van der Waals surface area contributed by atoms with Gasteiger partial charge in [-0.15, -0.1) is 25.6 Å². The van der Waals surface area contributed by atoms with E-state index in [1.54, 1.807) is 30.3 Å². The minimum atomic E-state index is -5.20. The van der Waals surface area contributed by atoms with Gasteiger partial charge >= 0.3 is 88.7 Å². The van der Waals surface area contributed by atoms with E-state index < -0.39 is 56.5 Å². The largest absolute Gasteiger partial charge is 1.00 e. The average Bonchev–Trinajstić information content (AvgIpc) is 3.15. The van der Waals surface area contributed by atoms with Gasteiger partial charge in [0.25, 0.3) is 0 Å². The van der Waals surface area contributed by atoms with E-state index in [1.807, 2.05) is 0 Å². The SMILES string of the molecule is Nc1ccc2cc(S(=O)(=O)[O-])c(N=Nc3ccc(N=Nc4ccc(N=Nc5ccccc5)c5ccc(S(=O)(=O)[O-])cc45)c4cc(S(=O)(=O)[O-])ccc34)c(O)c2c1.[Na+].[Na+].[Na+]. The van der Waals surface area contributed by atoms with Crippen molar-refractivity contribution in [2.45, 2.75) is 14.7 Å². The molecule has 0 aliphatic heterocycles. The number of rotatable bonds is 9. The van der Waals surface area contributed by atoms with Gasteiger partial charge in [-0.25, -0.2) is 25.3 Å². The van der Waals surface area contributed by atoms with Crippen LogP contribution in [0.4, 0.5) is 39.8 Å². The van der Waals surface area contributed by atoms with Gasteiger partial charge in [0, 0.05) is 32.6 Å². The molecule has 0 spiro atoms. The Hall–Kier alpha value is -3.55. The van der Waals surface area contributed by atoms with Gasteiger partial charge in [0.2, 0.25) is 0 Å². The van der Waals surface area contributed by atoms with Gasteiger partial charge in [-0.05, 0) is 84.2 Å². The fraction of sp³-hybridized carbons (Fsp3) is 0. The molecule has 0 aliphatic carbocycles. The Kier molecular flexibility index (Phi) is 15.5. The zero-order valence-electron chi connectivity index (χ0n) is 31.1. The van der Waals surface area contributed by atoms with Crippen LogP contribution in [0.1, 0.15) is 0 Å². The molecule has 0 fully saturated rings. The van der Waals surface area contributed by atoms with Crippen molar-refractivity contribution >= 4 is 102 Å². The second kappa shape index (κ2) is 19.0. The summed E-state index contributed by atoms with van der Waals surface area (Å²) in [5.41, 5.74) is 6.20. The third-order valence-corrected chi connectivity index (χ3v) is 10.9. The molecule has 7 rings (SSSR count). The number of anilines is 1. The van der Waals surface area contributed by atoms with Crippen molar-refractivity contribution in [3.8, 4) is 5.75 Å². The van der Waals surface area contributed by atoms with Gasteiger partial charge in [-0.1, -0.05) is 36.4 Å². The molecule has 0 atom stereocenters. The summed E-state index contributed by atoms with van der Waals surface area (Å²) in [7, 11) is -15.1. The van der Waals surface area contributed by atoms with Crippen molar-refractivity contribution in [3.63, 3.8) is 0 Å². The van der Waals surface area contributed by atoms with Crippen molar-refractivity contribution in [2.75, 3.05) is 5.73 Å². The zero-order valence-corrected chi connectivity index (χ0v) is 39.5. The van der Waals surface area contributed by atoms with Gasteiger partial charge in [-0.3, -0.25) is 0 Å². The zero-order chi connectivity index (χ0) is 40.0. The Morgan fingerprint density at radius 3 is 1.39 bits per heavy atom. The van der Waals surface area contributed by atoms with Crippen molar-refractivity contribution in [3.05, 3.63) is 115 Å². The van der Waals surface area contributed by atoms with E-state index in [0.717, 1.165) is 30.3 Å². The Balaban J connectivity index is 0.00000256. The van der Waals surface area contributed by atoms with Crippen molar-refractivity contribution < 1.29 is 133 Å². The summed E-state index contributed by atoms with van der Waals surface area (Å²) in [4.78, 5) is -2.08. The predicted molar refractivity (Wildman–Crippen MR) is 201 cm³/mol. The number of hydrogen-bond acceptors (Lipinski definition) is 17. The Labute approximate surface area is 402 Å². The molecule has 17 nitrogen and oxygen atoms in total. The Bertz CT molecular complexity index is 3210. The molecule has 0 aromatic heterocycles. The average molecular weight is 878 g/mol. The number of benzene rings is 7. The van der Waals surface area contributed by atoms with Gasteiger partial charge < -0.3 is 24.5 Å². The fourth-order valence-electron chi connectivity index (χ4n) is 5.72. The first-order valence-corrected chi connectivity index (χ1v) is 20.1. The van der Waals surface area contributed by atoms with Crippen molar-refractivity contribution in [1.29, 1.82) is 0 Å². The third kappa shape index (κ3) is 10.7. The van der Waals surface area contributed by atoms with Crippen LogP contribution in [0, 0.1) is 0 Å². The molecular weight excluding hydrogens is 856 g/mol. The second-order valence-electron chi connectivity index (χ2n) is 12.0. The normalized spacial score (nSPS) is 12.3. The molecule has 0 aliphatic rings. The molecule has 0 amide bonds. The van der Waals surface area contributed by atoms with E-state index in [-0.39, 0.29) is 138 Å². The molecule has 7 aromatic carbocycles. The number of fused-ring (bicyclic) bond motifs is 3. The van der Waals surface area contributed by atoms with E-state index >= 15 is 0 Å². The Morgan fingerprint density at radius 1 is 0.458 bits per heavy atom. The van der Waals surface area contributed by atoms with E-state index in [0.29, 0.717) is 16.8 Å². The first-order valence-electron chi connectivity index (χ1n) is 15.8. The molecule has 0 radical (unpaired) electrons. The number of hydrogen-bond donors (Lipinski definition) is 2. The molecule has 0 unspecified atom stereocenters. The second-order valence-corrected chi connectivity index (χ2v) is 16.1. The monoisotopic (exact) mass is 877 g/mol. The van der Waals surface area contributed by atoms with Gasteiger partial charge in [0.15, 0.2) is 5.75 Å². The molecule has 0 heterocycles. The molecule has 59 heavy (non-hydrogen) atoms. The topological polar surface area (TPSA) is 292 Å². The standard InChI is InChI=1S/C36H25N7O10S3.3Na/c37-21-7-6-20-16-34(56(51,52)53)35(36(44)27(20)17-21)43-42-31-13-15-33(29-19-24(55(48,49)50)9-11-26(29)31)41-40-32-14-12-30(39-38-22-4-2-1-3-5-22)25-10-8-23(18-28(25)32)54(45,46)47;;;/h1-19,44H,37H2,(H,45,46,47)(H,48,49,50)(H,51,52,53);;;/q;3*+1/p-3. The van der Waals surface area contributed by atoms with Crippen LogP contribution in [0.3, 0.4) is 0 Å². The summed E-state index contributed by atoms with van der Waals surface area (Å²) < 4.78 is 109. The molecule has 7 aromatic rings. The number of azo groups is 3. The van der Waals surface area contributed by atoms with E-state index in [1.165, 1.54) is 54.6 Å². The van der Waals surface area contributed by atoms with Crippen LogP contribution in [0.15, 0.2) is 161 Å². The summed E-state index contributed by atoms with van der Waals surface area (Å²) in [6.45, 7) is 0. The molecule has 0 saturated heterocycles. The quantitative estimate of drug-likeness (QED) is 0.0799. The van der Waals surface area contributed by atoms with E-state index in [4.69, 9.17) is 5.73 Å². The molecule has 0 saturated carbocycles. The first-order chi connectivity index (χ1) is 26.5. The van der Waals surface area contributed by atoms with Crippen LogP contribution in [0.25, 0.3) is 32.3 Å². The number of nitrogens with zero attached hydrogens (tertiary/aromatic N) is 6. The number of phenolic OH excluding ortho intramolecular Hbond substituents is 1. The summed E-state index contributed by atoms with van der Waals surface area (Å²) in [5, 5.41) is 36.8. The molecule has 23 heteroatoms. The fourth-order valence-corrected chi connectivity index (χ4v) is 7.36. The van der Waals surface area contributed by atoms with Gasteiger partial charge in [0.1, 0.15) is 36.0 Å². The molecular formula is C36H22N7Na3O10S3. The van der Waals surface area contributed by atoms with Gasteiger partial charge in [0.05, 0.1) is 43.1 Å². The maximum absolute atomic E-state index is 12.2. The third-order valence-electron chi connectivity index (χ3n) is 8.36. The van der Waals surface area contributed by atoms with Crippen LogP contribution in [0.5, 0.6) is 5.75 Å². The number of phenols is 1.